The molecule has 178 valence electrons. The van der Waals surface area contributed by atoms with E-state index in [0.717, 1.165) is 41.9 Å². The first-order valence-electron chi connectivity index (χ1n) is 11.2. The number of benzene rings is 2. The zero-order valence-electron chi connectivity index (χ0n) is 20.4. The van der Waals surface area contributed by atoms with E-state index in [1.165, 1.54) is 5.56 Å². The van der Waals surface area contributed by atoms with Gasteiger partial charge in [0.05, 0.1) is 6.10 Å². The topological polar surface area (TPSA) is 102 Å². The Kier molecular flexibility index (Phi) is 8.63. The van der Waals surface area contributed by atoms with E-state index in [-0.39, 0.29) is 17.9 Å². The highest BCUT2D eigenvalue weighted by Crippen LogP contribution is 2.32. The summed E-state index contributed by atoms with van der Waals surface area (Å²) in [5.41, 5.74) is 9.37. The molecule has 0 saturated heterocycles. The Morgan fingerprint density at radius 1 is 1.06 bits per heavy atom. The number of nitrogens with two attached hydrogens (primary N) is 1. The van der Waals surface area contributed by atoms with Crippen LogP contribution in [-0.2, 0) is 20.7 Å². The van der Waals surface area contributed by atoms with E-state index in [0.29, 0.717) is 0 Å². The van der Waals surface area contributed by atoms with Gasteiger partial charge in [-0.05, 0) is 67.6 Å². The smallest absolute Gasteiger partial charge is 0.404 e. The Balaban J connectivity index is 0.000000479. The Morgan fingerprint density at radius 3 is 2.27 bits per heavy atom. The van der Waals surface area contributed by atoms with Crippen molar-refractivity contribution < 1.29 is 19.1 Å². The number of aryl methyl sites for hydroxylation is 1. The largest absolute Gasteiger partial charge is 0.447 e. The molecule has 33 heavy (non-hydrogen) atoms. The van der Waals surface area contributed by atoms with Crippen LogP contribution in [0, 0.1) is 5.41 Å². The van der Waals surface area contributed by atoms with Crippen molar-refractivity contribution in [3.05, 3.63) is 48.0 Å². The number of hydrogen-bond donors (Lipinski definition) is 2. The molecule has 0 aliphatic carbocycles. The van der Waals surface area contributed by atoms with Gasteiger partial charge in [0.2, 0.25) is 11.8 Å². The van der Waals surface area contributed by atoms with E-state index >= 15 is 0 Å². The molecule has 0 radical (unpaired) electrons. The van der Waals surface area contributed by atoms with Gasteiger partial charge in [-0.1, -0.05) is 39.0 Å². The monoisotopic (exact) mass is 453 g/mol. The number of nitrogens with zero attached hydrogens (tertiary/aromatic N) is 1. The maximum Gasteiger partial charge on any atom is 0.404 e. The van der Waals surface area contributed by atoms with Crippen molar-refractivity contribution in [2.24, 2.45) is 11.1 Å². The molecule has 0 aromatic heterocycles. The lowest BCUT2D eigenvalue weighted by molar-refractivity contribution is -0.123. The van der Waals surface area contributed by atoms with Gasteiger partial charge in [-0.15, -0.1) is 0 Å². The van der Waals surface area contributed by atoms with Crippen LogP contribution in [0.2, 0.25) is 0 Å². The van der Waals surface area contributed by atoms with Gasteiger partial charge < -0.3 is 20.7 Å². The number of primary amides is 1. The molecule has 0 unspecified atom stereocenters. The van der Waals surface area contributed by atoms with Crippen LogP contribution in [0.4, 0.5) is 16.2 Å². The van der Waals surface area contributed by atoms with Gasteiger partial charge in [0.1, 0.15) is 0 Å². The third-order valence-electron chi connectivity index (χ3n) is 5.07. The summed E-state index contributed by atoms with van der Waals surface area (Å²) >= 11 is 0. The molecule has 1 aliphatic heterocycles. The van der Waals surface area contributed by atoms with Crippen LogP contribution in [-0.4, -0.2) is 30.6 Å². The molecule has 0 atom stereocenters. The van der Waals surface area contributed by atoms with Gasteiger partial charge in [-0.3, -0.25) is 9.59 Å². The number of nitrogens with one attached hydrogen (secondary N) is 1. The highest BCUT2D eigenvalue weighted by atomic mass is 16.6. The second-order valence-corrected chi connectivity index (χ2v) is 9.39. The van der Waals surface area contributed by atoms with Crippen LogP contribution < -0.4 is 16.0 Å². The molecule has 0 fully saturated rings. The van der Waals surface area contributed by atoms with E-state index in [4.69, 9.17) is 0 Å². The molecule has 1 heterocycles. The number of hydrogen-bond acceptors (Lipinski definition) is 4. The van der Waals surface area contributed by atoms with Crippen LogP contribution in [0.15, 0.2) is 42.5 Å². The van der Waals surface area contributed by atoms with Crippen molar-refractivity contribution in [1.82, 2.24) is 0 Å². The minimum absolute atomic E-state index is 0.00260. The van der Waals surface area contributed by atoms with Gasteiger partial charge in [-0.25, -0.2) is 4.79 Å². The summed E-state index contributed by atoms with van der Waals surface area (Å²) in [6.45, 7) is 11.6. The fraction of sp³-hybridized carbons (Fsp3) is 0.423. The van der Waals surface area contributed by atoms with E-state index in [9.17, 15) is 14.4 Å². The molecule has 3 N–H and O–H groups in total. The summed E-state index contributed by atoms with van der Waals surface area (Å²) in [5.74, 6) is 0.0859. The molecule has 2 aromatic carbocycles. The maximum atomic E-state index is 12.2. The minimum Gasteiger partial charge on any atom is -0.447 e. The predicted octanol–water partition coefficient (Wildman–Crippen LogP) is 5.13. The number of fused-ring (bicyclic) bond motifs is 1. The van der Waals surface area contributed by atoms with Crippen molar-refractivity contribution in [1.29, 1.82) is 0 Å². The molecule has 3 amide bonds. The third kappa shape index (κ3) is 7.63. The van der Waals surface area contributed by atoms with Crippen molar-refractivity contribution in [2.45, 2.75) is 60.5 Å². The number of ether oxygens (including phenoxy) is 1. The van der Waals surface area contributed by atoms with Crippen LogP contribution in [0.1, 0.15) is 53.5 Å². The zero-order chi connectivity index (χ0) is 24.8. The molecule has 7 heteroatoms. The number of amides is 3. The fourth-order valence-corrected chi connectivity index (χ4v) is 3.43. The summed E-state index contributed by atoms with van der Waals surface area (Å²) in [7, 11) is 0. The third-order valence-corrected chi connectivity index (χ3v) is 5.07. The first kappa shape index (κ1) is 25.9. The van der Waals surface area contributed by atoms with E-state index in [2.05, 4.69) is 21.9 Å². The van der Waals surface area contributed by atoms with E-state index in [1.807, 2.05) is 62.1 Å². The summed E-state index contributed by atoms with van der Waals surface area (Å²) in [4.78, 5) is 35.7. The van der Waals surface area contributed by atoms with Crippen LogP contribution in [0.3, 0.4) is 0 Å². The Hall–Kier alpha value is -3.35. The molecule has 0 bridgehead atoms. The predicted molar refractivity (Wildman–Crippen MR) is 132 cm³/mol. The van der Waals surface area contributed by atoms with Gasteiger partial charge in [0, 0.05) is 30.3 Å². The minimum atomic E-state index is -0.713. The molecule has 2 aromatic rings. The summed E-state index contributed by atoms with van der Waals surface area (Å²) in [6, 6.07) is 14.1. The van der Waals surface area contributed by atoms with Gasteiger partial charge in [0.15, 0.2) is 0 Å². The Bertz CT molecular complexity index is 1010. The van der Waals surface area contributed by atoms with Crippen molar-refractivity contribution >= 4 is 29.3 Å². The van der Waals surface area contributed by atoms with Crippen LogP contribution >= 0.6 is 0 Å². The Morgan fingerprint density at radius 2 is 1.73 bits per heavy atom. The Labute approximate surface area is 196 Å². The lowest BCUT2D eigenvalue weighted by Gasteiger charge is -2.29. The normalized spacial score (nSPS) is 12.9. The standard InChI is InChI=1S/C22H26N2O2.C4H9NO2/c1-15(25)24-12-6-8-18-13-17(10-11-20(18)24)16-7-5-9-19(14-16)23-21(26)22(2,3)4;1-3(2)7-4(5)6/h5,7,9-11,13-14H,6,8,12H2,1-4H3,(H,23,26);3H,1-2H3,(H2,5,6). The first-order valence-corrected chi connectivity index (χ1v) is 11.2. The molecule has 7 nitrogen and oxygen atoms in total. The van der Waals surface area contributed by atoms with Crippen molar-refractivity contribution in [2.75, 3.05) is 16.8 Å². The maximum absolute atomic E-state index is 12.2. The average molecular weight is 454 g/mol. The summed E-state index contributed by atoms with van der Waals surface area (Å²) in [6.07, 6.45) is 1.15. The number of anilines is 2. The van der Waals surface area contributed by atoms with Gasteiger partial charge in [-0.2, -0.15) is 0 Å². The number of carbonyl (C=O) groups excluding carboxylic acids is 3. The summed E-state index contributed by atoms with van der Waals surface area (Å²) < 4.78 is 4.39. The first-order chi connectivity index (χ1) is 15.4. The second-order valence-electron chi connectivity index (χ2n) is 9.39. The fourth-order valence-electron chi connectivity index (χ4n) is 3.43. The van der Waals surface area contributed by atoms with Gasteiger partial charge >= 0.3 is 6.09 Å². The zero-order valence-corrected chi connectivity index (χ0v) is 20.4. The van der Waals surface area contributed by atoms with Gasteiger partial charge in [0.25, 0.3) is 0 Å². The molecule has 0 spiro atoms. The molecule has 1 aliphatic rings. The highest BCUT2D eigenvalue weighted by Gasteiger charge is 2.22. The molecule has 0 saturated carbocycles. The lowest BCUT2D eigenvalue weighted by Crippen LogP contribution is -2.33. The lowest BCUT2D eigenvalue weighted by atomic mass is 9.94. The second kappa shape index (κ2) is 11.0. The van der Waals surface area contributed by atoms with Crippen molar-refractivity contribution in [3.63, 3.8) is 0 Å². The van der Waals surface area contributed by atoms with Crippen LogP contribution in [0.25, 0.3) is 11.1 Å². The molecular formula is C26H35N3O4. The molecule has 3 rings (SSSR count). The molecular weight excluding hydrogens is 418 g/mol. The van der Waals surface area contributed by atoms with E-state index < -0.39 is 11.5 Å². The SMILES string of the molecule is CC(=O)N1CCCc2cc(-c3cccc(NC(=O)C(C)(C)C)c3)ccc21.CC(C)OC(N)=O. The van der Waals surface area contributed by atoms with Crippen molar-refractivity contribution in [3.8, 4) is 11.1 Å². The van der Waals surface area contributed by atoms with E-state index in [1.54, 1.807) is 20.8 Å². The number of carbonyl (C=O) groups is 3. The van der Waals surface area contributed by atoms with Crippen LogP contribution in [0.5, 0.6) is 0 Å². The summed E-state index contributed by atoms with van der Waals surface area (Å²) in [5, 5.41) is 2.98. The average Bonchev–Trinajstić information content (AvgIpc) is 2.71. The highest BCUT2D eigenvalue weighted by molar-refractivity contribution is 5.95. The number of rotatable bonds is 3. The quantitative estimate of drug-likeness (QED) is 0.673.